The highest BCUT2D eigenvalue weighted by atomic mass is 35.5. The van der Waals surface area contributed by atoms with Gasteiger partial charge in [0.1, 0.15) is 11.6 Å². The van der Waals surface area contributed by atoms with Crippen LogP contribution in [0.4, 0.5) is 10.1 Å². The summed E-state index contributed by atoms with van der Waals surface area (Å²) in [6.07, 6.45) is 0. The summed E-state index contributed by atoms with van der Waals surface area (Å²) in [7, 11) is 0. The van der Waals surface area contributed by atoms with Crippen LogP contribution in [0, 0.1) is 5.82 Å². The Bertz CT molecular complexity index is 737. The standard InChI is InChI=1S/C13H7Cl3FNO3/c14-6-2-8(16)11(3-7(6)15)21-12-4-9(17)5(13(19)20)1-10(12)18/h1-4H,18H2,(H,19,20). The van der Waals surface area contributed by atoms with Gasteiger partial charge in [0.15, 0.2) is 5.75 Å². The lowest BCUT2D eigenvalue weighted by Gasteiger charge is -2.12. The van der Waals surface area contributed by atoms with Crippen molar-refractivity contribution in [3.63, 3.8) is 0 Å². The van der Waals surface area contributed by atoms with Gasteiger partial charge in [0.25, 0.3) is 0 Å². The van der Waals surface area contributed by atoms with Crippen molar-refractivity contribution in [3.8, 4) is 11.5 Å². The van der Waals surface area contributed by atoms with Gasteiger partial charge < -0.3 is 15.6 Å². The molecule has 0 aliphatic heterocycles. The first-order chi connectivity index (χ1) is 9.79. The summed E-state index contributed by atoms with van der Waals surface area (Å²) in [6.45, 7) is 0. The summed E-state index contributed by atoms with van der Waals surface area (Å²) in [5.74, 6) is -2.39. The maximum atomic E-state index is 13.6. The molecule has 0 aromatic heterocycles. The second-order valence-electron chi connectivity index (χ2n) is 3.97. The Morgan fingerprint density at radius 2 is 1.67 bits per heavy atom. The highest BCUT2D eigenvalue weighted by Crippen LogP contribution is 2.38. The lowest BCUT2D eigenvalue weighted by molar-refractivity contribution is 0.0692. The molecule has 0 unspecified atom stereocenters. The number of aromatic carboxylic acids is 1. The van der Waals surface area contributed by atoms with E-state index in [9.17, 15) is 9.18 Å². The molecular weight excluding hydrogens is 344 g/mol. The van der Waals surface area contributed by atoms with Crippen molar-refractivity contribution in [2.75, 3.05) is 5.73 Å². The molecule has 2 rings (SSSR count). The number of hydrogen-bond donors (Lipinski definition) is 2. The van der Waals surface area contributed by atoms with Crippen LogP contribution in [-0.4, -0.2) is 11.1 Å². The van der Waals surface area contributed by atoms with Crippen LogP contribution < -0.4 is 10.5 Å². The van der Waals surface area contributed by atoms with Crippen molar-refractivity contribution in [1.82, 2.24) is 0 Å². The molecule has 0 aliphatic carbocycles. The van der Waals surface area contributed by atoms with Crippen molar-refractivity contribution in [3.05, 3.63) is 50.7 Å². The molecule has 0 bridgehead atoms. The minimum absolute atomic E-state index is 0.0593. The van der Waals surface area contributed by atoms with Gasteiger partial charge >= 0.3 is 5.97 Å². The molecule has 2 aromatic rings. The third-order valence-electron chi connectivity index (χ3n) is 2.52. The van der Waals surface area contributed by atoms with Gasteiger partial charge in [-0.3, -0.25) is 0 Å². The van der Waals surface area contributed by atoms with Crippen LogP contribution in [-0.2, 0) is 0 Å². The molecule has 3 N–H and O–H groups in total. The largest absolute Gasteiger partial charge is 0.478 e. The third-order valence-corrected chi connectivity index (χ3v) is 3.54. The lowest BCUT2D eigenvalue weighted by atomic mass is 10.1. The molecule has 110 valence electrons. The number of ether oxygens (including phenoxy) is 1. The fourth-order valence-electron chi connectivity index (χ4n) is 1.53. The molecule has 21 heavy (non-hydrogen) atoms. The summed E-state index contributed by atoms with van der Waals surface area (Å²) in [5, 5.41) is 9.36. The minimum Gasteiger partial charge on any atom is -0.478 e. The Kier molecular flexibility index (Phi) is 4.46. The van der Waals surface area contributed by atoms with Gasteiger partial charge in [-0.1, -0.05) is 34.8 Å². The minimum atomic E-state index is -1.43. The van der Waals surface area contributed by atoms with Crippen LogP contribution in [0.15, 0.2) is 24.3 Å². The van der Waals surface area contributed by atoms with E-state index in [2.05, 4.69) is 0 Å². The number of carboxylic acid groups (broad SMARTS) is 1. The van der Waals surface area contributed by atoms with Gasteiger partial charge in [0.05, 0.1) is 26.3 Å². The van der Waals surface area contributed by atoms with E-state index in [-0.39, 0.29) is 32.3 Å². The Hall–Kier alpha value is -1.69. The number of carboxylic acids is 1. The maximum Gasteiger partial charge on any atom is 0.338 e. The number of anilines is 1. The van der Waals surface area contributed by atoms with Gasteiger partial charge in [-0.25, -0.2) is 9.18 Å². The number of nitrogens with two attached hydrogens (primary N) is 1. The van der Waals surface area contributed by atoms with Crippen LogP contribution in [0.3, 0.4) is 0 Å². The molecule has 2 aromatic carbocycles. The highest BCUT2D eigenvalue weighted by Gasteiger charge is 2.16. The van der Waals surface area contributed by atoms with Crippen LogP contribution in [0.1, 0.15) is 10.4 Å². The zero-order chi connectivity index (χ0) is 15.7. The van der Waals surface area contributed by atoms with E-state index in [1.54, 1.807) is 0 Å². The molecule has 0 amide bonds. The SMILES string of the molecule is Nc1cc(C(=O)O)c(F)cc1Oc1cc(Cl)c(Cl)cc1Cl. The van der Waals surface area contributed by atoms with Crippen LogP contribution >= 0.6 is 34.8 Å². The maximum absolute atomic E-state index is 13.6. The molecule has 0 saturated heterocycles. The lowest BCUT2D eigenvalue weighted by Crippen LogP contribution is -2.03. The fourth-order valence-corrected chi connectivity index (χ4v) is 2.10. The number of benzene rings is 2. The molecule has 8 heteroatoms. The molecule has 4 nitrogen and oxygen atoms in total. The summed E-state index contributed by atoms with van der Waals surface area (Å²) < 4.78 is 19.0. The predicted molar refractivity (Wildman–Crippen MR) is 79.3 cm³/mol. The Balaban J connectivity index is 2.43. The first-order valence-electron chi connectivity index (χ1n) is 5.44. The number of nitrogen functional groups attached to an aromatic ring is 1. The quantitative estimate of drug-likeness (QED) is 0.612. The first kappa shape index (κ1) is 15.7. The second-order valence-corrected chi connectivity index (χ2v) is 5.20. The molecule has 0 spiro atoms. The van der Waals surface area contributed by atoms with Crippen molar-refractivity contribution >= 4 is 46.5 Å². The van der Waals surface area contributed by atoms with E-state index in [1.807, 2.05) is 0 Å². The predicted octanol–water partition coefficient (Wildman–Crippen LogP) is 4.86. The smallest absolute Gasteiger partial charge is 0.338 e. The topological polar surface area (TPSA) is 72.6 Å². The summed E-state index contributed by atoms with van der Waals surface area (Å²) in [4.78, 5) is 10.8. The molecule has 0 heterocycles. The van der Waals surface area contributed by atoms with Gasteiger partial charge in [-0.2, -0.15) is 0 Å². The van der Waals surface area contributed by atoms with Gasteiger partial charge in [0, 0.05) is 12.1 Å². The van der Waals surface area contributed by atoms with Gasteiger partial charge in [-0.15, -0.1) is 0 Å². The molecule has 0 fully saturated rings. The second kappa shape index (κ2) is 5.97. The molecule has 0 atom stereocenters. The van der Waals surface area contributed by atoms with Gasteiger partial charge in [0.2, 0.25) is 0 Å². The number of hydrogen-bond acceptors (Lipinski definition) is 3. The third kappa shape index (κ3) is 3.32. The zero-order valence-corrected chi connectivity index (χ0v) is 12.4. The van der Waals surface area contributed by atoms with E-state index in [0.29, 0.717) is 0 Å². The molecular formula is C13H7Cl3FNO3. The van der Waals surface area contributed by atoms with Crippen LogP contribution in [0.2, 0.25) is 15.1 Å². The highest BCUT2D eigenvalue weighted by molar-refractivity contribution is 6.43. The van der Waals surface area contributed by atoms with E-state index in [4.69, 9.17) is 50.4 Å². The first-order valence-corrected chi connectivity index (χ1v) is 6.57. The van der Waals surface area contributed by atoms with E-state index in [0.717, 1.165) is 12.1 Å². The Morgan fingerprint density at radius 1 is 1.05 bits per heavy atom. The normalized spacial score (nSPS) is 10.5. The van der Waals surface area contributed by atoms with Gasteiger partial charge in [-0.05, 0) is 12.1 Å². The van der Waals surface area contributed by atoms with Crippen molar-refractivity contribution in [1.29, 1.82) is 0 Å². The van der Waals surface area contributed by atoms with Crippen LogP contribution in [0.25, 0.3) is 0 Å². The fraction of sp³-hybridized carbons (Fsp3) is 0. The summed E-state index contributed by atoms with van der Waals surface area (Å²) in [5.41, 5.74) is 5.02. The average molecular weight is 351 g/mol. The van der Waals surface area contributed by atoms with E-state index < -0.39 is 17.3 Å². The molecule has 0 radical (unpaired) electrons. The number of halogens is 4. The monoisotopic (exact) mass is 349 g/mol. The van der Waals surface area contributed by atoms with Crippen molar-refractivity contribution in [2.45, 2.75) is 0 Å². The van der Waals surface area contributed by atoms with Crippen molar-refractivity contribution in [2.24, 2.45) is 0 Å². The Labute approximate surface area is 133 Å². The molecule has 0 saturated carbocycles. The summed E-state index contributed by atoms with van der Waals surface area (Å²) >= 11 is 17.5. The average Bonchev–Trinajstić information content (AvgIpc) is 2.39. The zero-order valence-electron chi connectivity index (χ0n) is 10.2. The van der Waals surface area contributed by atoms with E-state index >= 15 is 0 Å². The van der Waals surface area contributed by atoms with Crippen LogP contribution in [0.5, 0.6) is 11.5 Å². The summed E-state index contributed by atoms with van der Waals surface area (Å²) in [6, 6.07) is 4.52. The number of rotatable bonds is 3. The molecule has 0 aliphatic rings. The Morgan fingerprint density at radius 3 is 2.29 bits per heavy atom. The van der Waals surface area contributed by atoms with E-state index in [1.165, 1.54) is 12.1 Å². The number of carbonyl (C=O) groups is 1. The van der Waals surface area contributed by atoms with Crippen molar-refractivity contribution < 1.29 is 19.0 Å².